The van der Waals surface area contributed by atoms with E-state index in [2.05, 4.69) is 33.9 Å². The van der Waals surface area contributed by atoms with Crippen LogP contribution in [0.1, 0.15) is 63.5 Å². The molecule has 2 aromatic rings. The number of benzene rings is 2. The van der Waals surface area contributed by atoms with E-state index in [1.165, 1.54) is 9.80 Å². The molecule has 0 radical (unpaired) electrons. The first-order valence-corrected chi connectivity index (χ1v) is 22.8. The fourth-order valence-corrected chi connectivity index (χ4v) is 8.30. The van der Waals surface area contributed by atoms with Crippen LogP contribution in [0.5, 0.6) is 0 Å². The number of hydrogen-bond donors (Lipinski definition) is 9. The van der Waals surface area contributed by atoms with Crippen LogP contribution < -0.4 is 38.5 Å². The fraction of sp³-hybridized carbons (Fsp3) is 0.511. The number of hydrogen-bond acceptors (Lipinski definition) is 12. The number of nitrogens with two attached hydrogens (primary N) is 3. The van der Waals surface area contributed by atoms with Gasteiger partial charge in [-0.3, -0.25) is 47.9 Å². The van der Waals surface area contributed by atoms with E-state index in [9.17, 15) is 47.9 Å². The molecule has 2 saturated heterocycles. The molecule has 364 valence electrons. The topological polar surface area (TPSA) is 327 Å². The minimum absolute atomic E-state index is 0.0104. The van der Waals surface area contributed by atoms with Gasteiger partial charge in [0.2, 0.25) is 53.2 Å². The van der Waals surface area contributed by atoms with Gasteiger partial charge in [0.1, 0.15) is 42.8 Å². The molecule has 2 heterocycles. The molecule has 4 rings (SSSR count). The predicted molar refractivity (Wildman–Crippen MR) is 246 cm³/mol. The van der Waals surface area contributed by atoms with Crippen molar-refractivity contribution < 1.29 is 53.1 Å². The molecule has 2 aromatic carbocycles. The molecule has 22 heteroatoms. The molecule has 67 heavy (non-hydrogen) atoms. The van der Waals surface area contributed by atoms with Crippen LogP contribution in [0.4, 0.5) is 0 Å². The Balaban J connectivity index is 1.62. The van der Waals surface area contributed by atoms with Crippen molar-refractivity contribution in [2.75, 3.05) is 31.9 Å². The Labute approximate surface area is 394 Å². The van der Waals surface area contributed by atoms with Gasteiger partial charge < -0.3 is 58.3 Å². The van der Waals surface area contributed by atoms with Gasteiger partial charge in [-0.1, -0.05) is 74.5 Å². The van der Waals surface area contributed by atoms with Crippen molar-refractivity contribution in [3.8, 4) is 0 Å². The summed E-state index contributed by atoms with van der Waals surface area (Å²) >= 11 is 4.19. The van der Waals surface area contributed by atoms with Gasteiger partial charge >= 0.3 is 5.97 Å². The Bertz CT molecular complexity index is 2110. The molecule has 0 aliphatic carbocycles. The van der Waals surface area contributed by atoms with E-state index < -0.39 is 121 Å². The zero-order chi connectivity index (χ0) is 49.4. The first kappa shape index (κ1) is 53.1. The van der Waals surface area contributed by atoms with Gasteiger partial charge in [0, 0.05) is 44.6 Å². The van der Waals surface area contributed by atoms with Crippen molar-refractivity contribution in [3.05, 3.63) is 71.8 Å². The molecule has 0 aromatic heterocycles. The molecule has 11 N–H and O–H groups in total. The second kappa shape index (κ2) is 25.4. The van der Waals surface area contributed by atoms with Gasteiger partial charge in [-0.25, -0.2) is 0 Å². The summed E-state index contributed by atoms with van der Waals surface area (Å²) in [6.07, 6.45) is -0.824. The third-order valence-corrected chi connectivity index (χ3v) is 11.9. The lowest BCUT2D eigenvalue weighted by Crippen LogP contribution is -2.66. The lowest BCUT2D eigenvalue weighted by Gasteiger charge is -2.44. The van der Waals surface area contributed by atoms with Crippen LogP contribution in [0.15, 0.2) is 60.7 Å². The van der Waals surface area contributed by atoms with Crippen LogP contribution in [-0.2, 0) is 60.8 Å². The molecule has 0 spiro atoms. The fourth-order valence-electron chi connectivity index (χ4n) is 8.14. The second-order valence-electron chi connectivity index (χ2n) is 17.1. The van der Waals surface area contributed by atoms with Gasteiger partial charge in [0.15, 0.2) is 0 Å². The van der Waals surface area contributed by atoms with Crippen LogP contribution in [0.25, 0.3) is 0 Å². The number of aliphatic carboxylic acids is 1. The average Bonchev–Trinajstić information content (AvgIpc) is 3.79. The summed E-state index contributed by atoms with van der Waals surface area (Å²) in [5, 5.41) is 19.0. The average molecular weight is 951 g/mol. The smallest absolute Gasteiger partial charge is 0.322 e. The van der Waals surface area contributed by atoms with Crippen molar-refractivity contribution in [2.45, 2.75) is 108 Å². The van der Waals surface area contributed by atoms with Crippen LogP contribution in [-0.4, -0.2) is 153 Å². The Hall–Kier alpha value is -6.55. The third-order valence-electron chi connectivity index (χ3n) is 11.5. The first-order chi connectivity index (χ1) is 31.8. The van der Waals surface area contributed by atoms with Gasteiger partial charge in [-0.2, -0.15) is 12.6 Å². The maximum absolute atomic E-state index is 14.6. The molecular weight excluding hydrogens is 889 g/mol. The van der Waals surface area contributed by atoms with Crippen LogP contribution in [0, 0.1) is 5.92 Å². The minimum Gasteiger partial charge on any atom is -0.480 e. The van der Waals surface area contributed by atoms with E-state index >= 15 is 0 Å². The molecule has 7 atom stereocenters. The number of primary amides is 2. The number of carbonyl (C=O) groups is 10. The molecular formula is C45H62N10O11S. The van der Waals surface area contributed by atoms with E-state index in [0.29, 0.717) is 12.0 Å². The summed E-state index contributed by atoms with van der Waals surface area (Å²) < 4.78 is 0. The molecule has 2 aliphatic rings. The molecule has 0 unspecified atom stereocenters. The van der Waals surface area contributed by atoms with E-state index in [1.54, 1.807) is 74.5 Å². The van der Waals surface area contributed by atoms with Crippen molar-refractivity contribution in [1.29, 1.82) is 0 Å². The Morgan fingerprint density at radius 1 is 0.761 bits per heavy atom. The highest BCUT2D eigenvalue weighted by molar-refractivity contribution is 7.80. The van der Waals surface area contributed by atoms with Crippen molar-refractivity contribution in [3.63, 3.8) is 0 Å². The summed E-state index contributed by atoms with van der Waals surface area (Å²) in [5.74, 6) is -8.40. The van der Waals surface area contributed by atoms with Gasteiger partial charge in [0.25, 0.3) is 0 Å². The van der Waals surface area contributed by atoms with Crippen LogP contribution in [0.2, 0.25) is 0 Å². The maximum atomic E-state index is 14.6. The number of thiol groups is 1. The summed E-state index contributed by atoms with van der Waals surface area (Å²) in [6.45, 7) is 2.84. The zero-order valence-electron chi connectivity index (χ0n) is 37.6. The Morgan fingerprint density at radius 3 is 1.97 bits per heavy atom. The monoisotopic (exact) mass is 950 g/mol. The minimum atomic E-state index is -1.66. The normalized spacial score (nSPS) is 18.2. The number of nitrogens with one attached hydrogen (secondary N) is 4. The van der Waals surface area contributed by atoms with Gasteiger partial charge in [-0.15, -0.1) is 0 Å². The summed E-state index contributed by atoms with van der Waals surface area (Å²) in [6, 6.07) is 8.89. The van der Waals surface area contributed by atoms with E-state index in [-0.39, 0.29) is 63.4 Å². The SMILES string of the molecule is CC(C)C[C@H](NC(=O)[C@@H]1CCCN1C(=O)[C@H](CC(N)=O)NC(=O)[C@H](CCC(N)=O)NC(=O)[C@H](Cc1ccccc1)N1CCN(C(=O)[C@@H](N)CS)[C@@H](Cc2ccccc2)C1=O)C(=O)NCC(=O)O. The number of carbonyl (C=O) groups excluding carboxylic acids is 9. The van der Waals surface area contributed by atoms with E-state index in [0.717, 1.165) is 10.5 Å². The van der Waals surface area contributed by atoms with Gasteiger partial charge in [-0.05, 0) is 42.7 Å². The number of rotatable bonds is 24. The van der Waals surface area contributed by atoms with Crippen molar-refractivity contribution >= 4 is 71.8 Å². The Kier molecular flexibility index (Phi) is 20.1. The quantitative estimate of drug-likeness (QED) is 0.0515. The number of piperazine rings is 1. The molecule has 9 amide bonds. The largest absolute Gasteiger partial charge is 0.480 e. The molecule has 21 nitrogen and oxygen atoms in total. The molecule has 0 saturated carbocycles. The lowest BCUT2D eigenvalue weighted by molar-refractivity contribution is -0.156. The van der Waals surface area contributed by atoms with E-state index in [1.807, 2.05) is 0 Å². The van der Waals surface area contributed by atoms with E-state index in [4.69, 9.17) is 22.3 Å². The summed E-state index contributed by atoms with van der Waals surface area (Å²) in [7, 11) is 0. The first-order valence-electron chi connectivity index (χ1n) is 22.1. The number of amides is 9. The molecule has 2 aliphatic heterocycles. The van der Waals surface area contributed by atoms with Crippen LogP contribution >= 0.6 is 12.6 Å². The van der Waals surface area contributed by atoms with Crippen molar-refractivity contribution in [2.24, 2.45) is 23.1 Å². The third kappa shape index (κ3) is 15.5. The van der Waals surface area contributed by atoms with Crippen LogP contribution in [0.3, 0.4) is 0 Å². The maximum Gasteiger partial charge on any atom is 0.322 e. The zero-order valence-corrected chi connectivity index (χ0v) is 38.5. The number of carboxylic acid groups (broad SMARTS) is 1. The second-order valence-corrected chi connectivity index (χ2v) is 17.4. The van der Waals surface area contributed by atoms with Crippen molar-refractivity contribution in [1.82, 2.24) is 36.0 Å². The predicted octanol–water partition coefficient (Wildman–Crippen LogP) is -2.03. The number of likely N-dealkylation sites (tertiary alicyclic amines) is 1. The number of carboxylic acids is 1. The summed E-state index contributed by atoms with van der Waals surface area (Å²) in [4.78, 5) is 137. The molecule has 0 bridgehead atoms. The Morgan fingerprint density at radius 2 is 1.39 bits per heavy atom. The lowest BCUT2D eigenvalue weighted by atomic mass is 9.96. The highest BCUT2D eigenvalue weighted by Crippen LogP contribution is 2.23. The molecule has 2 fully saturated rings. The number of nitrogens with zero attached hydrogens (tertiary/aromatic N) is 3. The highest BCUT2D eigenvalue weighted by Gasteiger charge is 2.44. The highest BCUT2D eigenvalue weighted by atomic mass is 32.1. The van der Waals surface area contributed by atoms with Gasteiger partial charge in [0.05, 0.1) is 12.5 Å². The standard InChI is InChI=1S/C45H62N10O11S/c1-26(2)20-31(39(60)49-24-38(58)59)51-41(62)33-14-9-17-53(33)44(65)32(23-37(48)57)52-40(61)30(15-16-36(47)56)50-42(63)34(21-27-10-5-3-6-11-27)54-18-19-55(43(64)29(46)25-67)35(45(54)66)22-28-12-7-4-8-13-28/h3-8,10-13,26,29-35,67H,9,14-25,46H2,1-2H3,(H2,47,56)(H2,48,57)(H,49,60)(H,50,63)(H,51,62)(H,52,61)(H,58,59)/t29-,30-,31-,32-,33-,34-,35-/m0/s1. The summed E-state index contributed by atoms with van der Waals surface area (Å²) in [5.41, 5.74) is 18.5.